The third-order valence-electron chi connectivity index (χ3n) is 6.08. The molecule has 0 bridgehead atoms. The van der Waals surface area contributed by atoms with E-state index in [1.807, 2.05) is 66.7 Å². The Labute approximate surface area is 207 Å². The Hall–Kier alpha value is -4.59. The summed E-state index contributed by atoms with van der Waals surface area (Å²) in [7, 11) is 0. The molecule has 4 aromatic rings. The number of carbonyl (C=O) groups excluding carboxylic acids is 1. The van der Waals surface area contributed by atoms with Crippen molar-refractivity contribution in [2.75, 3.05) is 11.9 Å². The number of rotatable bonds is 7. The quantitative estimate of drug-likeness (QED) is 0.337. The molecule has 1 aliphatic heterocycles. The maximum absolute atomic E-state index is 12.6. The second-order valence-corrected chi connectivity index (χ2v) is 8.49. The summed E-state index contributed by atoms with van der Waals surface area (Å²) in [5.74, 6) is 0.185. The molecule has 0 aliphatic carbocycles. The van der Waals surface area contributed by atoms with Gasteiger partial charge in [-0.15, -0.1) is 0 Å². The van der Waals surface area contributed by atoms with E-state index in [1.54, 1.807) is 6.92 Å². The minimum Gasteiger partial charge on any atom is -0.492 e. The van der Waals surface area contributed by atoms with Crippen LogP contribution in [-0.4, -0.2) is 28.9 Å². The molecule has 0 fully saturated rings. The normalized spacial score (nSPS) is 12.9. The fraction of sp³-hybridized carbons (Fsp3) is 0.179. The molecule has 8 heteroatoms. The summed E-state index contributed by atoms with van der Waals surface area (Å²) < 4.78 is 17.0. The van der Waals surface area contributed by atoms with Crippen molar-refractivity contribution in [1.29, 1.82) is 0 Å². The van der Waals surface area contributed by atoms with Gasteiger partial charge in [-0.05, 0) is 35.2 Å². The molecule has 0 spiro atoms. The van der Waals surface area contributed by atoms with E-state index in [1.165, 1.54) is 6.20 Å². The van der Waals surface area contributed by atoms with Crippen LogP contribution in [0.4, 0.5) is 10.5 Å². The molecule has 3 aromatic carbocycles. The molecule has 36 heavy (non-hydrogen) atoms. The average molecular weight is 485 g/mol. The van der Waals surface area contributed by atoms with Gasteiger partial charge in [-0.1, -0.05) is 65.8 Å². The van der Waals surface area contributed by atoms with E-state index in [9.17, 15) is 9.59 Å². The zero-order valence-corrected chi connectivity index (χ0v) is 19.6. The van der Waals surface area contributed by atoms with Crippen LogP contribution in [-0.2, 0) is 22.4 Å². The monoisotopic (exact) mass is 484 g/mol. The minimum atomic E-state index is -0.865. The first-order valence-corrected chi connectivity index (χ1v) is 11.6. The number of carbonyl (C=O) groups is 2. The first kappa shape index (κ1) is 23.2. The van der Waals surface area contributed by atoms with Gasteiger partial charge in [0.15, 0.2) is 5.76 Å². The van der Waals surface area contributed by atoms with Crippen LogP contribution in [0.15, 0.2) is 77.4 Å². The Kier molecular flexibility index (Phi) is 6.40. The molecule has 1 atom stereocenters. The third kappa shape index (κ3) is 4.79. The lowest BCUT2D eigenvalue weighted by Crippen LogP contribution is -2.16. The smallest absolute Gasteiger partial charge is 0.412 e. The van der Waals surface area contributed by atoms with E-state index in [4.69, 9.17) is 19.1 Å². The Morgan fingerprint density at radius 1 is 1.06 bits per heavy atom. The van der Waals surface area contributed by atoms with Crippen LogP contribution in [0.25, 0.3) is 22.5 Å². The number of nitrogens with zero attached hydrogens (tertiary/aromatic N) is 1. The highest BCUT2D eigenvalue weighted by Gasteiger charge is 2.26. The van der Waals surface area contributed by atoms with Gasteiger partial charge < -0.3 is 19.1 Å². The Morgan fingerprint density at radius 3 is 2.56 bits per heavy atom. The number of anilines is 1. The second kappa shape index (κ2) is 9.95. The van der Waals surface area contributed by atoms with Crippen LogP contribution in [0, 0.1) is 0 Å². The third-order valence-corrected chi connectivity index (χ3v) is 6.08. The lowest BCUT2D eigenvalue weighted by atomic mass is 9.94. The highest BCUT2D eigenvalue weighted by Crippen LogP contribution is 2.44. The highest BCUT2D eigenvalue weighted by molar-refractivity contribution is 5.91. The number of aliphatic carboxylic acids is 1. The van der Waals surface area contributed by atoms with E-state index in [-0.39, 0.29) is 6.42 Å². The van der Waals surface area contributed by atoms with Crippen molar-refractivity contribution in [3.8, 4) is 28.2 Å². The molecule has 1 aromatic heterocycles. The number of hydrogen-bond acceptors (Lipinski definition) is 6. The van der Waals surface area contributed by atoms with Crippen LogP contribution >= 0.6 is 0 Å². The van der Waals surface area contributed by atoms with Crippen LogP contribution in [0.3, 0.4) is 0 Å². The molecule has 8 nitrogen and oxygen atoms in total. The molecule has 1 amide bonds. The van der Waals surface area contributed by atoms with Gasteiger partial charge in [-0.25, -0.2) is 4.79 Å². The number of hydrogen-bond donors (Lipinski definition) is 2. The second-order valence-electron chi connectivity index (χ2n) is 8.49. The molecular weight excluding hydrogens is 460 g/mol. The number of nitrogens with one attached hydrogen (secondary N) is 1. The van der Waals surface area contributed by atoms with Gasteiger partial charge in [-0.3, -0.25) is 10.1 Å². The molecular formula is C28H24N2O6. The first-order valence-electron chi connectivity index (χ1n) is 11.6. The molecule has 5 rings (SSSR count). The minimum absolute atomic E-state index is 0.0196. The van der Waals surface area contributed by atoms with Crippen molar-refractivity contribution in [2.24, 2.45) is 0 Å². The molecule has 182 valence electrons. The lowest BCUT2D eigenvalue weighted by molar-refractivity contribution is -0.136. The molecule has 0 radical (unpaired) electrons. The SMILES string of the molecule is CC(OC(=O)Nc1cnoc1-c1ccc(-c2ccc(CC(=O)O)cc2)c2c1OCC2)c1ccccc1. The number of benzene rings is 3. The fourth-order valence-electron chi connectivity index (χ4n) is 4.34. The van der Waals surface area contributed by atoms with E-state index in [0.29, 0.717) is 35.8 Å². The Balaban J connectivity index is 1.38. The summed E-state index contributed by atoms with van der Waals surface area (Å²) in [5, 5.41) is 15.6. The van der Waals surface area contributed by atoms with Gasteiger partial charge in [0.2, 0.25) is 0 Å². The van der Waals surface area contributed by atoms with E-state index in [2.05, 4.69) is 10.5 Å². The number of carboxylic acid groups (broad SMARTS) is 1. The van der Waals surface area contributed by atoms with Gasteiger partial charge in [0.1, 0.15) is 17.5 Å². The number of amides is 1. The number of aromatic nitrogens is 1. The van der Waals surface area contributed by atoms with Crippen molar-refractivity contribution in [2.45, 2.75) is 25.9 Å². The van der Waals surface area contributed by atoms with Gasteiger partial charge in [0.05, 0.1) is 24.8 Å². The van der Waals surface area contributed by atoms with Crippen molar-refractivity contribution < 1.29 is 28.7 Å². The summed E-state index contributed by atoms with van der Waals surface area (Å²) in [6.07, 6.45) is 1.08. The zero-order chi connectivity index (χ0) is 25.1. The maximum atomic E-state index is 12.6. The summed E-state index contributed by atoms with van der Waals surface area (Å²) in [5.41, 5.74) is 5.66. The number of ether oxygens (including phenoxy) is 2. The topological polar surface area (TPSA) is 111 Å². The predicted octanol–water partition coefficient (Wildman–Crippen LogP) is 5.88. The zero-order valence-electron chi connectivity index (χ0n) is 19.6. The summed E-state index contributed by atoms with van der Waals surface area (Å²) in [6.45, 7) is 2.32. The van der Waals surface area contributed by atoms with Gasteiger partial charge in [-0.2, -0.15) is 0 Å². The van der Waals surface area contributed by atoms with E-state index in [0.717, 1.165) is 27.8 Å². The van der Waals surface area contributed by atoms with Gasteiger partial charge in [0, 0.05) is 12.0 Å². The van der Waals surface area contributed by atoms with Crippen molar-refractivity contribution in [3.05, 3.63) is 89.6 Å². The van der Waals surface area contributed by atoms with Crippen molar-refractivity contribution in [1.82, 2.24) is 5.16 Å². The maximum Gasteiger partial charge on any atom is 0.412 e. The van der Waals surface area contributed by atoms with Crippen molar-refractivity contribution in [3.63, 3.8) is 0 Å². The standard InChI is InChI=1S/C28H24N2O6/c1-17(19-5-3-2-4-6-19)35-28(33)30-24-16-29-36-27(24)23-12-11-21(22-13-14-34-26(22)23)20-9-7-18(8-10-20)15-25(31)32/h2-12,16-17H,13-15H2,1H3,(H,30,33)(H,31,32). The molecule has 1 unspecified atom stereocenters. The largest absolute Gasteiger partial charge is 0.492 e. The van der Waals surface area contributed by atoms with E-state index < -0.39 is 18.2 Å². The number of fused-ring (bicyclic) bond motifs is 1. The Bertz CT molecular complexity index is 1400. The van der Waals surface area contributed by atoms with Crippen LogP contribution in [0.1, 0.15) is 29.7 Å². The molecule has 2 N–H and O–H groups in total. The molecule has 0 saturated heterocycles. The van der Waals surface area contributed by atoms with Crippen LogP contribution < -0.4 is 10.1 Å². The van der Waals surface area contributed by atoms with E-state index >= 15 is 0 Å². The predicted molar refractivity (Wildman–Crippen MR) is 133 cm³/mol. The molecule has 0 saturated carbocycles. The number of carboxylic acids is 1. The molecule has 1 aliphatic rings. The molecule has 2 heterocycles. The Morgan fingerprint density at radius 2 is 1.81 bits per heavy atom. The first-order chi connectivity index (χ1) is 17.5. The van der Waals surface area contributed by atoms with Crippen LogP contribution in [0.5, 0.6) is 5.75 Å². The van der Waals surface area contributed by atoms with Crippen LogP contribution in [0.2, 0.25) is 0 Å². The lowest BCUT2D eigenvalue weighted by Gasteiger charge is -2.15. The summed E-state index contributed by atoms with van der Waals surface area (Å²) in [6, 6.07) is 20.8. The summed E-state index contributed by atoms with van der Waals surface area (Å²) >= 11 is 0. The fourth-order valence-corrected chi connectivity index (χ4v) is 4.34. The average Bonchev–Trinajstić information content (AvgIpc) is 3.54. The van der Waals surface area contributed by atoms with Gasteiger partial charge in [0.25, 0.3) is 0 Å². The summed E-state index contributed by atoms with van der Waals surface area (Å²) in [4.78, 5) is 23.5. The highest BCUT2D eigenvalue weighted by atomic mass is 16.6. The van der Waals surface area contributed by atoms with Crippen molar-refractivity contribution >= 4 is 17.7 Å². The van der Waals surface area contributed by atoms with Gasteiger partial charge >= 0.3 is 12.1 Å².